The number of nitrogens with one attached hydrogen (secondary N) is 1. The Labute approximate surface area is 188 Å². The van der Waals surface area contributed by atoms with Crippen molar-refractivity contribution < 1.29 is 0 Å². The monoisotopic (exact) mass is 441 g/mol. The van der Waals surface area contributed by atoms with Crippen molar-refractivity contribution in [3.05, 3.63) is 0 Å². The molecule has 0 amide bonds. The second-order valence-corrected chi connectivity index (χ2v) is 20.7. The van der Waals surface area contributed by atoms with Crippen LogP contribution in [0.2, 0.25) is 43.8 Å². The first kappa shape index (κ1) is 29.4. The predicted octanol–water partition coefficient (Wildman–Crippen LogP) is 9.77. The van der Waals surface area contributed by atoms with Gasteiger partial charge in [-0.2, -0.15) is 0 Å². The van der Waals surface area contributed by atoms with Crippen LogP contribution in [0.5, 0.6) is 0 Å². The van der Waals surface area contributed by atoms with Crippen LogP contribution in [0, 0.1) is 0 Å². The van der Waals surface area contributed by atoms with Crippen molar-refractivity contribution >= 4 is 16.3 Å². The molecule has 0 spiro atoms. The molecule has 0 bridgehead atoms. The van der Waals surface area contributed by atoms with E-state index >= 15 is 0 Å². The van der Waals surface area contributed by atoms with Gasteiger partial charge in [0.15, 0.2) is 0 Å². The van der Waals surface area contributed by atoms with Crippen LogP contribution in [0.3, 0.4) is 0 Å². The molecule has 1 N–H and O–H groups in total. The first-order valence-corrected chi connectivity index (χ1v) is 20.0. The summed E-state index contributed by atoms with van der Waals surface area (Å²) in [5.74, 6) is 0. The summed E-state index contributed by atoms with van der Waals surface area (Å²) in [6.45, 7) is 16.2. The summed E-state index contributed by atoms with van der Waals surface area (Å²) < 4.78 is 0. The molecule has 0 rings (SSSR count). The predicted molar refractivity (Wildman–Crippen MR) is 143 cm³/mol. The summed E-state index contributed by atoms with van der Waals surface area (Å²) >= 11 is 0. The molecule has 0 aliphatic rings. The van der Waals surface area contributed by atoms with E-state index in [9.17, 15) is 0 Å². The molecule has 0 heterocycles. The maximum Gasteiger partial charge on any atom is 0.122 e. The number of hydrogen-bond acceptors (Lipinski definition) is 1. The molecule has 1 nitrogen and oxygen atoms in total. The van der Waals surface area contributed by atoms with E-state index in [-0.39, 0.29) is 0 Å². The molecule has 176 valence electrons. The fourth-order valence-electron chi connectivity index (χ4n) is 4.64. The SMILES string of the molecule is CCCCCC[Si](C)(C)CCCCCCCN[Si](C)(CCCCC)CCCCC. The second kappa shape index (κ2) is 19.1. The van der Waals surface area contributed by atoms with E-state index in [2.05, 4.69) is 45.4 Å². The summed E-state index contributed by atoms with van der Waals surface area (Å²) in [6.07, 6.45) is 21.6. The molecule has 0 aromatic rings. The lowest BCUT2D eigenvalue weighted by Gasteiger charge is -2.29. The Morgan fingerprint density at radius 1 is 0.448 bits per heavy atom. The third kappa shape index (κ3) is 18.8. The van der Waals surface area contributed by atoms with E-state index in [1.807, 2.05) is 0 Å². The molecular weight excluding hydrogens is 382 g/mol. The molecule has 0 radical (unpaired) electrons. The molecule has 0 saturated heterocycles. The van der Waals surface area contributed by atoms with Crippen molar-refractivity contribution in [2.24, 2.45) is 0 Å². The molecular formula is C26H59NSi2. The minimum absolute atomic E-state index is 0.893. The summed E-state index contributed by atoms with van der Waals surface area (Å²) in [7, 11) is -2.08. The minimum Gasteiger partial charge on any atom is -0.337 e. The highest BCUT2D eigenvalue weighted by atomic mass is 28.3. The fraction of sp³-hybridized carbons (Fsp3) is 1.00. The van der Waals surface area contributed by atoms with Crippen LogP contribution in [0.1, 0.15) is 117 Å². The van der Waals surface area contributed by atoms with Gasteiger partial charge in [0.05, 0.1) is 0 Å². The van der Waals surface area contributed by atoms with Crippen LogP contribution in [-0.2, 0) is 0 Å². The highest BCUT2D eigenvalue weighted by molar-refractivity contribution is 6.77. The molecule has 0 aliphatic carbocycles. The smallest absolute Gasteiger partial charge is 0.122 e. The number of rotatable bonds is 22. The standard InChI is InChI=1S/C26H59NSi2/c1-7-10-13-20-23-28(4,5)24-21-16-14-15-17-22-27-29(6,25-18-11-8-2)26-19-12-9-3/h27H,7-26H2,1-6H3. The average molecular weight is 442 g/mol. The van der Waals surface area contributed by atoms with E-state index in [1.54, 1.807) is 12.1 Å². The normalized spacial score (nSPS) is 12.6. The Kier molecular flexibility index (Phi) is 19.4. The van der Waals surface area contributed by atoms with Crippen molar-refractivity contribution in [2.45, 2.75) is 161 Å². The van der Waals surface area contributed by atoms with Gasteiger partial charge >= 0.3 is 0 Å². The molecule has 0 aromatic heterocycles. The zero-order valence-corrected chi connectivity index (χ0v) is 23.6. The Morgan fingerprint density at radius 2 is 0.828 bits per heavy atom. The number of unbranched alkanes of at least 4 members (excludes halogenated alkanes) is 11. The topological polar surface area (TPSA) is 12.0 Å². The van der Waals surface area contributed by atoms with Gasteiger partial charge in [0.2, 0.25) is 0 Å². The maximum atomic E-state index is 4.11. The Hall–Kier alpha value is 0.394. The van der Waals surface area contributed by atoms with E-state index in [0.717, 1.165) is 0 Å². The lowest BCUT2D eigenvalue weighted by Crippen LogP contribution is -2.47. The summed E-state index contributed by atoms with van der Waals surface area (Å²) in [5.41, 5.74) is 0. The first-order chi connectivity index (χ1) is 13.9. The molecule has 0 unspecified atom stereocenters. The van der Waals surface area contributed by atoms with Crippen molar-refractivity contribution in [3.63, 3.8) is 0 Å². The average Bonchev–Trinajstić information content (AvgIpc) is 2.68. The highest BCUT2D eigenvalue weighted by Gasteiger charge is 2.25. The first-order valence-electron chi connectivity index (χ1n) is 13.6. The van der Waals surface area contributed by atoms with Gasteiger partial charge in [0.1, 0.15) is 8.24 Å². The van der Waals surface area contributed by atoms with Crippen molar-refractivity contribution in [3.8, 4) is 0 Å². The molecule has 0 aliphatic heterocycles. The lowest BCUT2D eigenvalue weighted by atomic mass is 10.1. The third-order valence-electron chi connectivity index (χ3n) is 6.95. The van der Waals surface area contributed by atoms with Crippen LogP contribution in [0.15, 0.2) is 0 Å². The van der Waals surface area contributed by atoms with Crippen molar-refractivity contribution in [2.75, 3.05) is 6.54 Å². The van der Waals surface area contributed by atoms with Crippen LogP contribution in [0.4, 0.5) is 0 Å². The van der Waals surface area contributed by atoms with Crippen LogP contribution < -0.4 is 4.98 Å². The van der Waals surface area contributed by atoms with Gasteiger partial charge in [-0.05, 0) is 25.1 Å². The molecule has 0 aromatic carbocycles. The molecule has 29 heavy (non-hydrogen) atoms. The van der Waals surface area contributed by atoms with Gasteiger partial charge in [-0.25, -0.2) is 0 Å². The van der Waals surface area contributed by atoms with E-state index in [0.29, 0.717) is 0 Å². The molecule has 0 saturated carbocycles. The second-order valence-electron chi connectivity index (χ2n) is 10.9. The van der Waals surface area contributed by atoms with Crippen LogP contribution in [-0.4, -0.2) is 22.9 Å². The van der Waals surface area contributed by atoms with Crippen molar-refractivity contribution in [1.29, 1.82) is 0 Å². The Morgan fingerprint density at radius 3 is 1.34 bits per heavy atom. The van der Waals surface area contributed by atoms with E-state index in [4.69, 9.17) is 0 Å². The zero-order valence-electron chi connectivity index (χ0n) is 21.6. The summed E-state index contributed by atoms with van der Waals surface area (Å²) in [4.78, 5) is 4.11. The van der Waals surface area contributed by atoms with Crippen LogP contribution >= 0.6 is 0 Å². The third-order valence-corrected chi connectivity index (χ3v) is 14.4. The van der Waals surface area contributed by atoms with Gasteiger partial charge in [-0.1, -0.05) is 142 Å². The van der Waals surface area contributed by atoms with Gasteiger partial charge < -0.3 is 4.98 Å². The van der Waals surface area contributed by atoms with Gasteiger partial charge in [0.25, 0.3) is 0 Å². The largest absolute Gasteiger partial charge is 0.337 e. The zero-order chi connectivity index (χ0) is 21.8. The Bertz CT molecular complexity index is 334. The summed E-state index contributed by atoms with van der Waals surface area (Å²) in [6, 6.07) is 6.14. The summed E-state index contributed by atoms with van der Waals surface area (Å²) in [5, 5.41) is 0. The van der Waals surface area contributed by atoms with Crippen molar-refractivity contribution in [1.82, 2.24) is 4.98 Å². The van der Waals surface area contributed by atoms with Gasteiger partial charge in [0, 0.05) is 8.07 Å². The van der Waals surface area contributed by atoms with Gasteiger partial charge in [-0.3, -0.25) is 0 Å². The van der Waals surface area contributed by atoms with Gasteiger partial charge in [-0.15, -0.1) is 0 Å². The highest BCUT2D eigenvalue weighted by Crippen LogP contribution is 2.23. The lowest BCUT2D eigenvalue weighted by molar-refractivity contribution is 0.616. The Balaban J connectivity index is 3.84. The quantitative estimate of drug-likeness (QED) is 0.130. The number of hydrogen-bond donors (Lipinski definition) is 1. The molecule has 0 atom stereocenters. The maximum absolute atomic E-state index is 4.11. The fourth-order valence-corrected chi connectivity index (χ4v) is 10.7. The van der Waals surface area contributed by atoms with Crippen LogP contribution in [0.25, 0.3) is 0 Å². The minimum atomic E-state index is -1.19. The van der Waals surface area contributed by atoms with E-state index < -0.39 is 16.3 Å². The van der Waals surface area contributed by atoms with E-state index in [1.165, 1.54) is 115 Å². The molecule has 3 heteroatoms. The molecule has 0 fully saturated rings.